The summed E-state index contributed by atoms with van der Waals surface area (Å²) in [6, 6.07) is 9.60. The molecule has 124 valence electrons. The third kappa shape index (κ3) is 3.86. The van der Waals surface area contributed by atoms with Crippen LogP contribution in [0.2, 0.25) is 0 Å². The molecule has 1 aliphatic heterocycles. The molecule has 1 aliphatic rings. The number of imide groups is 1. The van der Waals surface area contributed by atoms with Crippen molar-refractivity contribution in [3.05, 3.63) is 54.0 Å². The SMILES string of the molecule is O=CN(CCc1ccc(C[C@H]2SC(=O)NC2=O)cc1)c1ccoc1. The van der Waals surface area contributed by atoms with Gasteiger partial charge in [-0.2, -0.15) is 0 Å². The standard InChI is InChI=1S/C17H16N2O4S/c20-11-19(14-6-8-23-10-14)7-5-12-1-3-13(4-2-12)9-15-16(21)18-17(22)24-15/h1-4,6,8,10-11,15H,5,7,9H2,(H,18,21,22)/t15-/m1/s1. The van der Waals surface area contributed by atoms with Crippen LogP contribution < -0.4 is 10.2 Å². The zero-order valence-corrected chi connectivity index (χ0v) is 13.6. The van der Waals surface area contributed by atoms with Crippen LogP contribution in [0.15, 0.2) is 47.3 Å². The molecule has 1 N–H and O–H groups in total. The van der Waals surface area contributed by atoms with Crippen molar-refractivity contribution in [2.24, 2.45) is 0 Å². The van der Waals surface area contributed by atoms with Gasteiger partial charge in [0.05, 0.1) is 17.2 Å². The molecule has 1 atom stereocenters. The van der Waals surface area contributed by atoms with E-state index in [0.29, 0.717) is 19.4 Å². The lowest BCUT2D eigenvalue weighted by molar-refractivity contribution is -0.119. The molecule has 0 unspecified atom stereocenters. The number of benzene rings is 1. The maximum Gasteiger partial charge on any atom is 0.286 e. The van der Waals surface area contributed by atoms with Crippen molar-refractivity contribution in [1.82, 2.24) is 5.32 Å². The normalized spacial score (nSPS) is 16.9. The Hall–Kier alpha value is -2.54. The lowest BCUT2D eigenvalue weighted by Gasteiger charge is -2.15. The number of carbonyl (C=O) groups excluding carboxylic acids is 3. The van der Waals surface area contributed by atoms with Gasteiger partial charge in [-0.3, -0.25) is 19.7 Å². The fourth-order valence-electron chi connectivity index (χ4n) is 2.50. The molecule has 2 heterocycles. The van der Waals surface area contributed by atoms with Gasteiger partial charge in [0, 0.05) is 12.6 Å². The largest absolute Gasteiger partial charge is 0.470 e. The van der Waals surface area contributed by atoms with Gasteiger partial charge in [-0.05, 0) is 24.0 Å². The highest BCUT2D eigenvalue weighted by atomic mass is 32.2. The van der Waals surface area contributed by atoms with Gasteiger partial charge >= 0.3 is 0 Å². The van der Waals surface area contributed by atoms with Crippen LogP contribution in [0.3, 0.4) is 0 Å². The number of hydrogen-bond donors (Lipinski definition) is 1. The average molecular weight is 344 g/mol. The lowest BCUT2D eigenvalue weighted by atomic mass is 10.0. The van der Waals surface area contributed by atoms with E-state index in [1.807, 2.05) is 24.3 Å². The van der Waals surface area contributed by atoms with Crippen molar-refractivity contribution in [1.29, 1.82) is 0 Å². The van der Waals surface area contributed by atoms with Crippen LogP contribution >= 0.6 is 11.8 Å². The number of carbonyl (C=O) groups is 3. The highest BCUT2D eigenvalue weighted by Crippen LogP contribution is 2.23. The van der Waals surface area contributed by atoms with Gasteiger partial charge < -0.3 is 9.32 Å². The summed E-state index contributed by atoms with van der Waals surface area (Å²) in [6.07, 6.45) is 5.08. The van der Waals surface area contributed by atoms with Gasteiger partial charge in [-0.25, -0.2) is 0 Å². The number of rotatable bonds is 7. The highest BCUT2D eigenvalue weighted by molar-refractivity contribution is 8.15. The molecule has 0 bridgehead atoms. The Balaban J connectivity index is 1.55. The van der Waals surface area contributed by atoms with Gasteiger partial charge in [0.15, 0.2) is 0 Å². The van der Waals surface area contributed by atoms with Crippen molar-refractivity contribution in [2.45, 2.75) is 18.1 Å². The van der Waals surface area contributed by atoms with E-state index in [2.05, 4.69) is 5.32 Å². The van der Waals surface area contributed by atoms with E-state index in [1.54, 1.807) is 11.0 Å². The topological polar surface area (TPSA) is 79.6 Å². The van der Waals surface area contributed by atoms with Crippen molar-refractivity contribution >= 4 is 35.0 Å². The molecule has 0 spiro atoms. The first-order chi connectivity index (χ1) is 11.7. The first kappa shape index (κ1) is 16.3. The molecular formula is C17H16N2O4S. The first-order valence-corrected chi connectivity index (χ1v) is 8.37. The van der Waals surface area contributed by atoms with E-state index >= 15 is 0 Å². The quantitative estimate of drug-likeness (QED) is 0.780. The second kappa shape index (κ2) is 7.35. The van der Waals surface area contributed by atoms with Crippen LogP contribution in [0.5, 0.6) is 0 Å². The molecule has 6 nitrogen and oxygen atoms in total. The Kier molecular flexibility index (Phi) is 5.00. The van der Waals surface area contributed by atoms with Gasteiger partial charge in [0.2, 0.25) is 12.3 Å². The third-order valence-corrected chi connectivity index (χ3v) is 4.80. The van der Waals surface area contributed by atoms with E-state index in [1.165, 1.54) is 12.5 Å². The van der Waals surface area contributed by atoms with Gasteiger partial charge in [-0.15, -0.1) is 0 Å². The fraction of sp³-hybridized carbons (Fsp3) is 0.235. The molecule has 3 amide bonds. The molecule has 1 saturated heterocycles. The van der Waals surface area contributed by atoms with Crippen molar-refractivity contribution in [3.8, 4) is 0 Å². The minimum atomic E-state index is -0.352. The number of furan rings is 1. The number of hydrogen-bond acceptors (Lipinski definition) is 5. The Bertz CT molecular complexity index is 728. The van der Waals surface area contributed by atoms with Crippen molar-refractivity contribution in [2.75, 3.05) is 11.4 Å². The maximum absolute atomic E-state index is 11.6. The summed E-state index contributed by atoms with van der Waals surface area (Å²) >= 11 is 1.03. The Morgan fingerprint density at radius 1 is 1.17 bits per heavy atom. The number of anilines is 1. The minimum absolute atomic E-state index is 0.226. The molecule has 0 aliphatic carbocycles. The van der Waals surface area contributed by atoms with E-state index in [9.17, 15) is 14.4 Å². The van der Waals surface area contributed by atoms with Gasteiger partial charge in [0.1, 0.15) is 6.26 Å². The van der Waals surface area contributed by atoms with E-state index < -0.39 is 0 Å². The summed E-state index contributed by atoms with van der Waals surface area (Å²) in [5.41, 5.74) is 2.83. The second-order valence-electron chi connectivity index (χ2n) is 5.43. The number of thioether (sulfide) groups is 1. The molecule has 0 saturated carbocycles. The Morgan fingerprint density at radius 2 is 1.92 bits per heavy atom. The summed E-state index contributed by atoms with van der Waals surface area (Å²) in [4.78, 5) is 35.5. The van der Waals surface area contributed by atoms with Crippen molar-refractivity contribution in [3.63, 3.8) is 0 Å². The molecule has 1 aromatic carbocycles. The van der Waals surface area contributed by atoms with Crippen LogP contribution in [0.4, 0.5) is 10.5 Å². The molecule has 1 aromatic heterocycles. The molecule has 2 aromatic rings. The predicted molar refractivity (Wildman–Crippen MR) is 90.9 cm³/mol. The zero-order valence-electron chi connectivity index (χ0n) is 12.8. The number of nitrogens with zero attached hydrogens (tertiary/aromatic N) is 1. The summed E-state index contributed by atoms with van der Waals surface area (Å²) in [5.74, 6) is -0.226. The molecule has 1 fully saturated rings. The van der Waals surface area contributed by atoms with Crippen LogP contribution in [-0.4, -0.2) is 29.4 Å². The fourth-order valence-corrected chi connectivity index (χ4v) is 3.36. The predicted octanol–water partition coefficient (Wildman–Crippen LogP) is 2.38. The monoisotopic (exact) mass is 344 g/mol. The molecule has 0 radical (unpaired) electrons. The Morgan fingerprint density at radius 3 is 2.50 bits per heavy atom. The molecule has 7 heteroatoms. The summed E-state index contributed by atoms with van der Waals surface area (Å²) < 4.78 is 4.99. The molecule has 3 rings (SSSR count). The lowest BCUT2D eigenvalue weighted by Crippen LogP contribution is -2.25. The van der Waals surface area contributed by atoms with E-state index in [-0.39, 0.29) is 16.4 Å². The summed E-state index contributed by atoms with van der Waals surface area (Å²) in [5, 5.41) is 1.66. The zero-order chi connectivity index (χ0) is 16.9. The Labute approximate surface area is 143 Å². The van der Waals surface area contributed by atoms with Crippen LogP contribution in [0.25, 0.3) is 0 Å². The second-order valence-corrected chi connectivity index (χ2v) is 6.61. The first-order valence-electron chi connectivity index (χ1n) is 7.49. The summed E-state index contributed by atoms with van der Waals surface area (Å²) in [7, 11) is 0. The van der Waals surface area contributed by atoms with Gasteiger partial charge in [0.25, 0.3) is 5.24 Å². The average Bonchev–Trinajstić information content (AvgIpc) is 3.20. The number of nitrogens with one attached hydrogen (secondary N) is 1. The minimum Gasteiger partial charge on any atom is -0.470 e. The van der Waals surface area contributed by atoms with Crippen LogP contribution in [-0.2, 0) is 22.4 Å². The van der Waals surface area contributed by atoms with E-state index in [4.69, 9.17) is 4.42 Å². The molecule has 24 heavy (non-hydrogen) atoms. The third-order valence-electron chi connectivity index (χ3n) is 3.82. The smallest absolute Gasteiger partial charge is 0.286 e. The highest BCUT2D eigenvalue weighted by Gasteiger charge is 2.31. The summed E-state index contributed by atoms with van der Waals surface area (Å²) in [6.45, 7) is 0.553. The van der Waals surface area contributed by atoms with Crippen molar-refractivity contribution < 1.29 is 18.8 Å². The maximum atomic E-state index is 11.6. The number of amides is 3. The van der Waals surface area contributed by atoms with Gasteiger partial charge in [-0.1, -0.05) is 36.0 Å². The van der Waals surface area contributed by atoms with E-state index in [0.717, 1.165) is 35.0 Å². The molecular weight excluding hydrogens is 328 g/mol. The van der Waals surface area contributed by atoms with Crippen LogP contribution in [0, 0.1) is 0 Å². The van der Waals surface area contributed by atoms with Crippen LogP contribution in [0.1, 0.15) is 11.1 Å².